The lowest BCUT2D eigenvalue weighted by Gasteiger charge is -2.18. The lowest BCUT2D eigenvalue weighted by molar-refractivity contribution is -0.166. The van der Waals surface area contributed by atoms with Gasteiger partial charge in [0.25, 0.3) is 0 Å². The van der Waals surface area contributed by atoms with Crippen molar-refractivity contribution in [2.45, 2.75) is 245 Å². The standard InChI is InChI=1S/C63H102O6/c1-4-7-10-13-16-19-22-25-27-28-29-30-31-32-33-34-36-38-41-44-47-50-53-56-62(65)68-59-60(58-67-61(64)55-52-49-46-43-40-37-24-21-18-15-12-9-6-3)69-63(66)57-54-51-48-45-42-39-35-26-23-20-17-14-11-8-5-2/h7,9-10,12,16,18-19,21,25,27,29-30,32-33,36-38,40,46,49,60H,4-6,8,11,13-15,17,20,22-24,26,28,31,34-35,39,41-45,47-48,50-59H2,1-3H3/b10-7-,12-9-,19-16-,21-18-,27-25-,30-29-,33-32-,38-36-,40-37-,49-46-. The Labute approximate surface area is 424 Å². The Morgan fingerprint density at radius 2 is 0.594 bits per heavy atom. The van der Waals surface area contributed by atoms with Crippen LogP contribution >= 0.6 is 0 Å². The van der Waals surface area contributed by atoms with Crippen LogP contribution in [0.2, 0.25) is 0 Å². The predicted molar refractivity (Wildman–Crippen MR) is 297 cm³/mol. The quantitative estimate of drug-likeness (QED) is 0.0262. The molecular weight excluding hydrogens is 853 g/mol. The smallest absolute Gasteiger partial charge is 0.306 e. The van der Waals surface area contributed by atoms with Crippen molar-refractivity contribution in [2.75, 3.05) is 13.2 Å². The summed E-state index contributed by atoms with van der Waals surface area (Å²) in [6.07, 6.45) is 77.7. The highest BCUT2D eigenvalue weighted by molar-refractivity contribution is 5.71. The van der Waals surface area contributed by atoms with Crippen LogP contribution in [0.15, 0.2) is 122 Å². The van der Waals surface area contributed by atoms with E-state index < -0.39 is 6.10 Å². The van der Waals surface area contributed by atoms with Crippen LogP contribution in [0, 0.1) is 0 Å². The van der Waals surface area contributed by atoms with Crippen molar-refractivity contribution in [1.29, 1.82) is 0 Å². The number of hydrogen-bond acceptors (Lipinski definition) is 6. The van der Waals surface area contributed by atoms with Gasteiger partial charge in [0, 0.05) is 19.3 Å². The molecule has 0 fully saturated rings. The molecule has 6 heteroatoms. The van der Waals surface area contributed by atoms with E-state index in [0.29, 0.717) is 19.3 Å². The van der Waals surface area contributed by atoms with Crippen LogP contribution in [0.4, 0.5) is 0 Å². The number of carbonyl (C=O) groups excluding carboxylic acids is 3. The van der Waals surface area contributed by atoms with Crippen LogP contribution in [0.5, 0.6) is 0 Å². The molecule has 0 spiro atoms. The van der Waals surface area contributed by atoms with E-state index >= 15 is 0 Å². The molecule has 1 unspecified atom stereocenters. The van der Waals surface area contributed by atoms with E-state index in [9.17, 15) is 14.4 Å². The second-order valence-electron chi connectivity index (χ2n) is 18.1. The fourth-order valence-corrected chi connectivity index (χ4v) is 7.34. The van der Waals surface area contributed by atoms with Gasteiger partial charge in [0.05, 0.1) is 0 Å². The van der Waals surface area contributed by atoms with Crippen molar-refractivity contribution in [2.24, 2.45) is 0 Å². The highest BCUT2D eigenvalue weighted by Crippen LogP contribution is 2.15. The lowest BCUT2D eigenvalue weighted by atomic mass is 10.0. The molecule has 0 radical (unpaired) electrons. The zero-order valence-electron chi connectivity index (χ0n) is 44.5. The number of allylic oxidation sites excluding steroid dienone is 20. The zero-order valence-corrected chi connectivity index (χ0v) is 44.5. The van der Waals surface area contributed by atoms with Gasteiger partial charge in [-0.3, -0.25) is 14.4 Å². The first-order valence-corrected chi connectivity index (χ1v) is 28.0. The van der Waals surface area contributed by atoms with Gasteiger partial charge in [-0.1, -0.05) is 245 Å². The maximum Gasteiger partial charge on any atom is 0.306 e. The van der Waals surface area contributed by atoms with Crippen LogP contribution < -0.4 is 0 Å². The first kappa shape index (κ1) is 64.8. The van der Waals surface area contributed by atoms with E-state index in [2.05, 4.69) is 130 Å². The summed E-state index contributed by atoms with van der Waals surface area (Å²) in [7, 11) is 0. The summed E-state index contributed by atoms with van der Waals surface area (Å²) in [5, 5.41) is 0. The summed E-state index contributed by atoms with van der Waals surface area (Å²) in [6.45, 7) is 6.32. The van der Waals surface area contributed by atoms with Crippen molar-refractivity contribution in [3.05, 3.63) is 122 Å². The molecule has 0 aliphatic carbocycles. The lowest BCUT2D eigenvalue weighted by Crippen LogP contribution is -2.30. The molecule has 0 aromatic heterocycles. The normalized spacial score (nSPS) is 13.0. The highest BCUT2D eigenvalue weighted by Gasteiger charge is 2.19. The van der Waals surface area contributed by atoms with E-state index in [1.807, 2.05) is 12.2 Å². The Morgan fingerprint density at radius 3 is 0.971 bits per heavy atom. The zero-order chi connectivity index (χ0) is 50.0. The van der Waals surface area contributed by atoms with Crippen LogP contribution in [0.25, 0.3) is 0 Å². The number of hydrogen-bond donors (Lipinski definition) is 0. The number of carbonyl (C=O) groups is 3. The van der Waals surface area contributed by atoms with E-state index in [4.69, 9.17) is 14.2 Å². The number of rotatable bonds is 49. The molecule has 0 N–H and O–H groups in total. The molecule has 0 saturated carbocycles. The van der Waals surface area contributed by atoms with E-state index in [-0.39, 0.29) is 37.5 Å². The SMILES string of the molecule is CC/C=C\C/C=C\C/C=C\C/C=C\C/C=C\C/C=C\CCCCCCC(=O)OCC(COC(=O)CC/C=C\C/C=C\C/C=C\C/C=C\CC)OC(=O)CCCCCCCCCCCCCCCCC. The second kappa shape index (κ2) is 56.4. The van der Waals surface area contributed by atoms with Crippen molar-refractivity contribution < 1.29 is 28.6 Å². The van der Waals surface area contributed by atoms with Gasteiger partial charge < -0.3 is 14.2 Å². The third-order valence-electron chi connectivity index (χ3n) is 11.5. The second-order valence-corrected chi connectivity index (χ2v) is 18.1. The summed E-state index contributed by atoms with van der Waals surface area (Å²) in [5.74, 6) is -1.02. The Hall–Kier alpha value is -4.19. The fraction of sp³-hybridized carbons (Fsp3) is 0.635. The monoisotopic (exact) mass is 955 g/mol. The van der Waals surface area contributed by atoms with E-state index in [1.54, 1.807) is 0 Å². The van der Waals surface area contributed by atoms with Crippen LogP contribution in [0.1, 0.15) is 239 Å². The molecule has 0 aromatic rings. The topological polar surface area (TPSA) is 78.9 Å². The summed E-state index contributed by atoms with van der Waals surface area (Å²) < 4.78 is 16.7. The Bertz CT molecular complexity index is 1470. The molecule has 6 nitrogen and oxygen atoms in total. The third kappa shape index (κ3) is 54.6. The Morgan fingerprint density at radius 1 is 0.304 bits per heavy atom. The molecule has 69 heavy (non-hydrogen) atoms. The van der Waals surface area contributed by atoms with Crippen molar-refractivity contribution in [3.8, 4) is 0 Å². The summed E-state index contributed by atoms with van der Waals surface area (Å²) >= 11 is 0. The molecule has 0 aromatic carbocycles. The van der Waals surface area contributed by atoms with Crippen LogP contribution in [-0.4, -0.2) is 37.2 Å². The summed E-state index contributed by atoms with van der Waals surface area (Å²) in [5.41, 5.74) is 0. The Kier molecular flexibility index (Phi) is 53.0. The molecule has 0 aliphatic heterocycles. The maximum atomic E-state index is 12.8. The minimum Gasteiger partial charge on any atom is -0.462 e. The van der Waals surface area contributed by atoms with Gasteiger partial charge in [-0.2, -0.15) is 0 Å². The number of esters is 3. The van der Waals surface area contributed by atoms with Crippen LogP contribution in [0.3, 0.4) is 0 Å². The maximum absolute atomic E-state index is 12.8. The number of ether oxygens (including phenoxy) is 3. The molecule has 390 valence electrons. The van der Waals surface area contributed by atoms with E-state index in [0.717, 1.165) is 116 Å². The molecule has 0 aliphatic rings. The average Bonchev–Trinajstić information content (AvgIpc) is 3.35. The Balaban J connectivity index is 4.47. The van der Waals surface area contributed by atoms with Gasteiger partial charge >= 0.3 is 17.9 Å². The van der Waals surface area contributed by atoms with Crippen molar-refractivity contribution >= 4 is 17.9 Å². The van der Waals surface area contributed by atoms with Gasteiger partial charge in [0.2, 0.25) is 0 Å². The summed E-state index contributed by atoms with van der Waals surface area (Å²) in [6, 6.07) is 0. The molecule has 0 amide bonds. The highest BCUT2D eigenvalue weighted by atomic mass is 16.6. The predicted octanol–water partition coefficient (Wildman–Crippen LogP) is 18.9. The summed E-state index contributed by atoms with van der Waals surface area (Å²) in [4.78, 5) is 38.1. The van der Waals surface area contributed by atoms with Gasteiger partial charge in [0.1, 0.15) is 13.2 Å². The van der Waals surface area contributed by atoms with Gasteiger partial charge in [-0.15, -0.1) is 0 Å². The largest absolute Gasteiger partial charge is 0.462 e. The number of unbranched alkanes of at least 4 members (excludes halogenated alkanes) is 18. The fourth-order valence-electron chi connectivity index (χ4n) is 7.34. The van der Waals surface area contributed by atoms with Gasteiger partial charge in [-0.05, 0) is 96.3 Å². The van der Waals surface area contributed by atoms with Crippen molar-refractivity contribution in [1.82, 2.24) is 0 Å². The van der Waals surface area contributed by atoms with Crippen LogP contribution in [-0.2, 0) is 28.6 Å². The van der Waals surface area contributed by atoms with Gasteiger partial charge in [-0.25, -0.2) is 0 Å². The first-order chi connectivity index (χ1) is 34.0. The molecule has 0 bridgehead atoms. The minimum absolute atomic E-state index is 0.115. The first-order valence-electron chi connectivity index (χ1n) is 28.0. The molecule has 1 atom stereocenters. The van der Waals surface area contributed by atoms with E-state index in [1.165, 1.54) is 77.0 Å². The molecule has 0 rings (SSSR count). The average molecular weight is 956 g/mol. The van der Waals surface area contributed by atoms with Gasteiger partial charge in [0.15, 0.2) is 6.10 Å². The molecule has 0 saturated heterocycles. The third-order valence-corrected chi connectivity index (χ3v) is 11.5. The molecular formula is C63H102O6. The minimum atomic E-state index is -0.819. The molecule has 0 heterocycles. The van der Waals surface area contributed by atoms with Crippen molar-refractivity contribution in [3.63, 3.8) is 0 Å².